The summed E-state index contributed by atoms with van der Waals surface area (Å²) in [6.07, 6.45) is 0. The standard InChI is InChI=1S/C8H8NO3/c1-6-2-3-7(5-10)8(4-6)9(11)12/h2-4H,5H2,1H3. The number of hydrogen-bond acceptors (Lipinski definition) is 2. The summed E-state index contributed by atoms with van der Waals surface area (Å²) in [5.41, 5.74) is 0.953. The molecule has 0 saturated heterocycles. The molecule has 1 aromatic carbocycles. The van der Waals surface area contributed by atoms with Crippen molar-refractivity contribution in [2.75, 3.05) is 0 Å². The topological polar surface area (TPSA) is 63.0 Å². The molecule has 0 saturated carbocycles. The van der Waals surface area contributed by atoms with Crippen molar-refractivity contribution >= 4 is 5.69 Å². The highest BCUT2D eigenvalue weighted by molar-refractivity contribution is 5.42. The van der Waals surface area contributed by atoms with Crippen molar-refractivity contribution in [2.24, 2.45) is 0 Å². The van der Waals surface area contributed by atoms with Crippen LogP contribution in [0.15, 0.2) is 18.2 Å². The van der Waals surface area contributed by atoms with Gasteiger partial charge in [-0.1, -0.05) is 6.07 Å². The Balaban J connectivity index is 3.21. The highest BCUT2D eigenvalue weighted by Gasteiger charge is 2.12. The first kappa shape index (κ1) is 8.67. The number of aryl methyl sites for hydroxylation is 1. The van der Waals surface area contributed by atoms with E-state index in [4.69, 9.17) is 0 Å². The molecule has 0 fully saturated rings. The summed E-state index contributed by atoms with van der Waals surface area (Å²) in [5.74, 6) is 0. The molecule has 0 aliphatic carbocycles. The van der Waals surface area contributed by atoms with Gasteiger partial charge in [0.05, 0.1) is 10.5 Å². The monoisotopic (exact) mass is 166 g/mol. The molecule has 4 heteroatoms. The minimum absolute atomic E-state index is 0.0787. The first-order valence-corrected chi connectivity index (χ1v) is 3.47. The zero-order valence-electron chi connectivity index (χ0n) is 6.61. The first-order chi connectivity index (χ1) is 5.65. The third kappa shape index (κ3) is 1.60. The minimum atomic E-state index is -0.545. The van der Waals surface area contributed by atoms with E-state index in [0.717, 1.165) is 5.56 Å². The van der Waals surface area contributed by atoms with Crippen molar-refractivity contribution < 1.29 is 10.0 Å². The Hall–Kier alpha value is -1.42. The van der Waals surface area contributed by atoms with Crippen LogP contribution in [0.5, 0.6) is 0 Å². The molecular weight excluding hydrogens is 158 g/mol. The molecule has 1 rings (SSSR count). The van der Waals surface area contributed by atoms with Crippen LogP contribution in [0.3, 0.4) is 0 Å². The summed E-state index contributed by atoms with van der Waals surface area (Å²) in [6, 6.07) is 4.61. The van der Waals surface area contributed by atoms with Crippen molar-refractivity contribution in [2.45, 2.75) is 13.5 Å². The van der Waals surface area contributed by atoms with E-state index in [1.165, 1.54) is 12.1 Å². The van der Waals surface area contributed by atoms with Gasteiger partial charge in [0.1, 0.15) is 6.61 Å². The van der Waals surface area contributed by atoms with Gasteiger partial charge in [-0.3, -0.25) is 10.1 Å². The molecule has 0 atom stereocenters. The molecule has 12 heavy (non-hydrogen) atoms. The normalized spacial score (nSPS) is 9.83. The average Bonchev–Trinajstić information content (AvgIpc) is 2.04. The van der Waals surface area contributed by atoms with Gasteiger partial charge in [0.15, 0.2) is 0 Å². The van der Waals surface area contributed by atoms with Gasteiger partial charge in [0.2, 0.25) is 0 Å². The van der Waals surface area contributed by atoms with Gasteiger partial charge in [-0.15, -0.1) is 0 Å². The maximum absolute atomic E-state index is 10.5. The van der Waals surface area contributed by atoms with E-state index in [1.54, 1.807) is 13.0 Å². The third-order valence-corrected chi connectivity index (χ3v) is 1.59. The largest absolute Gasteiger partial charge is 0.275 e. The Morgan fingerprint density at radius 1 is 1.50 bits per heavy atom. The van der Waals surface area contributed by atoms with E-state index in [2.05, 4.69) is 0 Å². The van der Waals surface area contributed by atoms with Crippen LogP contribution < -0.4 is 0 Å². The second-order valence-corrected chi connectivity index (χ2v) is 2.53. The van der Waals surface area contributed by atoms with Crippen LogP contribution in [0.1, 0.15) is 11.1 Å². The van der Waals surface area contributed by atoms with Crippen LogP contribution >= 0.6 is 0 Å². The Morgan fingerprint density at radius 3 is 2.67 bits per heavy atom. The number of nitrogens with zero attached hydrogens (tertiary/aromatic N) is 1. The number of benzene rings is 1. The van der Waals surface area contributed by atoms with Crippen LogP contribution in [-0.2, 0) is 11.7 Å². The fourth-order valence-electron chi connectivity index (χ4n) is 0.966. The molecule has 0 heterocycles. The van der Waals surface area contributed by atoms with Crippen molar-refractivity contribution in [3.8, 4) is 0 Å². The Labute approximate surface area is 69.6 Å². The van der Waals surface area contributed by atoms with Crippen molar-refractivity contribution in [3.63, 3.8) is 0 Å². The molecule has 1 aromatic rings. The lowest BCUT2D eigenvalue weighted by molar-refractivity contribution is -0.386. The first-order valence-electron chi connectivity index (χ1n) is 3.47. The molecule has 63 valence electrons. The van der Waals surface area contributed by atoms with Crippen LogP contribution in [0.2, 0.25) is 0 Å². The smallest absolute Gasteiger partial charge is 0.258 e. The Morgan fingerprint density at radius 2 is 2.17 bits per heavy atom. The van der Waals surface area contributed by atoms with Gasteiger partial charge in [-0.25, -0.2) is 5.11 Å². The van der Waals surface area contributed by atoms with Gasteiger partial charge in [0.25, 0.3) is 5.69 Å². The molecular formula is C8H8NO3. The fraction of sp³-hybridized carbons (Fsp3) is 0.250. The number of nitro groups is 1. The summed E-state index contributed by atoms with van der Waals surface area (Å²) >= 11 is 0. The highest BCUT2D eigenvalue weighted by atomic mass is 16.6. The molecule has 0 bridgehead atoms. The Bertz CT molecular complexity index is 309. The Kier molecular flexibility index (Phi) is 2.40. The molecule has 0 aliphatic heterocycles. The van der Waals surface area contributed by atoms with Gasteiger partial charge in [-0.2, -0.15) is 0 Å². The van der Waals surface area contributed by atoms with E-state index in [-0.39, 0.29) is 11.3 Å². The SMILES string of the molecule is Cc1ccc(C[O])c([N+](=O)[O-])c1. The zero-order valence-corrected chi connectivity index (χ0v) is 6.61. The summed E-state index contributed by atoms with van der Waals surface area (Å²) in [5, 5.41) is 20.9. The van der Waals surface area contributed by atoms with Crippen LogP contribution in [-0.4, -0.2) is 4.92 Å². The molecule has 0 spiro atoms. The molecule has 0 aromatic heterocycles. The average molecular weight is 166 g/mol. The number of rotatable bonds is 2. The summed E-state index contributed by atoms with van der Waals surface area (Å²) in [7, 11) is 0. The molecule has 4 nitrogen and oxygen atoms in total. The summed E-state index contributed by atoms with van der Waals surface area (Å²) in [6.45, 7) is 1.21. The second kappa shape index (κ2) is 3.32. The minimum Gasteiger partial charge on any atom is -0.258 e. The fourth-order valence-corrected chi connectivity index (χ4v) is 0.966. The lowest BCUT2D eigenvalue weighted by atomic mass is 10.1. The quantitative estimate of drug-likeness (QED) is 0.497. The maximum Gasteiger partial charge on any atom is 0.275 e. The molecule has 0 N–H and O–H groups in total. The number of nitro benzene ring substituents is 1. The van der Waals surface area contributed by atoms with Crippen LogP contribution in [0.25, 0.3) is 0 Å². The predicted molar refractivity (Wildman–Crippen MR) is 42.2 cm³/mol. The van der Waals surface area contributed by atoms with Crippen molar-refractivity contribution in [1.29, 1.82) is 0 Å². The summed E-state index contributed by atoms with van der Waals surface area (Å²) < 4.78 is 0. The van der Waals surface area contributed by atoms with E-state index < -0.39 is 11.5 Å². The highest BCUT2D eigenvalue weighted by Crippen LogP contribution is 2.19. The van der Waals surface area contributed by atoms with E-state index in [0.29, 0.717) is 0 Å². The molecule has 0 unspecified atom stereocenters. The van der Waals surface area contributed by atoms with Crippen LogP contribution in [0.4, 0.5) is 5.69 Å². The maximum atomic E-state index is 10.5. The van der Waals surface area contributed by atoms with Crippen LogP contribution in [0, 0.1) is 17.0 Å². The lowest BCUT2D eigenvalue weighted by Gasteiger charge is -1.98. The summed E-state index contributed by atoms with van der Waals surface area (Å²) in [4.78, 5) is 9.87. The third-order valence-electron chi connectivity index (χ3n) is 1.59. The molecule has 0 amide bonds. The number of hydrogen-bond donors (Lipinski definition) is 0. The van der Waals surface area contributed by atoms with E-state index >= 15 is 0 Å². The van der Waals surface area contributed by atoms with Crippen molar-refractivity contribution in [3.05, 3.63) is 39.4 Å². The van der Waals surface area contributed by atoms with Gasteiger partial charge in [-0.05, 0) is 18.6 Å². The zero-order chi connectivity index (χ0) is 9.14. The van der Waals surface area contributed by atoms with E-state index in [1.807, 2.05) is 0 Å². The molecule has 1 radical (unpaired) electrons. The van der Waals surface area contributed by atoms with Gasteiger partial charge >= 0.3 is 0 Å². The second-order valence-electron chi connectivity index (χ2n) is 2.53. The van der Waals surface area contributed by atoms with E-state index in [9.17, 15) is 15.2 Å². The van der Waals surface area contributed by atoms with Gasteiger partial charge in [0, 0.05) is 6.07 Å². The molecule has 0 aliphatic rings. The van der Waals surface area contributed by atoms with Crippen molar-refractivity contribution in [1.82, 2.24) is 0 Å². The lowest BCUT2D eigenvalue weighted by Crippen LogP contribution is -1.94. The van der Waals surface area contributed by atoms with Gasteiger partial charge < -0.3 is 0 Å². The predicted octanol–water partition coefficient (Wildman–Crippen LogP) is 1.83.